The van der Waals surface area contributed by atoms with Crippen LogP contribution in [0.5, 0.6) is 0 Å². The third kappa shape index (κ3) is 4.32. The fourth-order valence-corrected chi connectivity index (χ4v) is 2.51. The molecule has 1 aliphatic rings. The van der Waals surface area contributed by atoms with E-state index in [1.807, 2.05) is 26.8 Å². The molecular weight excluding hydrogens is 306 g/mol. The zero-order valence-corrected chi connectivity index (χ0v) is 13.9. The first kappa shape index (κ1) is 17.0. The Balaban J connectivity index is 2.20. The van der Waals surface area contributed by atoms with Gasteiger partial charge >= 0.3 is 6.09 Å². The maximum absolute atomic E-state index is 12.3. The molecule has 1 amide bonds. The summed E-state index contributed by atoms with van der Waals surface area (Å²) in [5.74, 6) is 0. The van der Waals surface area contributed by atoms with Crippen molar-refractivity contribution in [2.24, 2.45) is 0 Å². The third-order valence-corrected chi connectivity index (χ3v) is 3.44. The standard InChI is InChI=1S/C15H22ClN3O3/c1-15(2,3)22-14(21)19-8-10-4-5-12(16)18-13(10)11(9-19)17-6-7-20/h4-5,11,17,20H,6-9H2,1-3H3. The molecular formula is C15H22ClN3O3. The first-order valence-corrected chi connectivity index (χ1v) is 7.65. The summed E-state index contributed by atoms with van der Waals surface area (Å²) < 4.78 is 5.43. The highest BCUT2D eigenvalue weighted by Gasteiger charge is 2.31. The van der Waals surface area contributed by atoms with Gasteiger partial charge < -0.3 is 20.1 Å². The van der Waals surface area contributed by atoms with E-state index in [9.17, 15) is 4.79 Å². The molecule has 0 spiro atoms. The number of carbonyl (C=O) groups excluding carboxylic acids is 1. The fraction of sp³-hybridized carbons (Fsp3) is 0.600. The normalized spacial score (nSPS) is 18.0. The van der Waals surface area contributed by atoms with Gasteiger partial charge in [-0.3, -0.25) is 0 Å². The predicted octanol–water partition coefficient (Wildman–Crippen LogP) is 2.11. The number of hydrogen-bond acceptors (Lipinski definition) is 5. The molecule has 0 saturated carbocycles. The van der Waals surface area contributed by atoms with Gasteiger partial charge in [0.1, 0.15) is 10.8 Å². The Kier molecular flexibility index (Phi) is 5.26. The van der Waals surface area contributed by atoms with Crippen molar-refractivity contribution in [3.8, 4) is 0 Å². The molecule has 0 aromatic carbocycles. The minimum Gasteiger partial charge on any atom is -0.444 e. The molecule has 2 heterocycles. The first-order valence-electron chi connectivity index (χ1n) is 7.27. The number of rotatable bonds is 3. The molecule has 1 atom stereocenters. The zero-order valence-electron chi connectivity index (χ0n) is 13.1. The zero-order chi connectivity index (χ0) is 16.3. The van der Waals surface area contributed by atoms with Gasteiger partial charge in [-0.25, -0.2) is 9.78 Å². The number of nitrogens with one attached hydrogen (secondary N) is 1. The average molecular weight is 328 g/mol. The van der Waals surface area contributed by atoms with Crippen LogP contribution in [0, 0.1) is 0 Å². The Bertz CT molecular complexity index is 545. The lowest BCUT2D eigenvalue weighted by molar-refractivity contribution is 0.0194. The maximum atomic E-state index is 12.3. The summed E-state index contributed by atoms with van der Waals surface area (Å²) in [6.45, 7) is 6.81. The number of pyridine rings is 1. The van der Waals surface area contributed by atoms with E-state index in [-0.39, 0.29) is 18.7 Å². The molecule has 1 aliphatic heterocycles. The number of amides is 1. The Labute approximate surface area is 135 Å². The lowest BCUT2D eigenvalue weighted by Gasteiger charge is -2.35. The van der Waals surface area contributed by atoms with Crippen molar-refractivity contribution in [2.75, 3.05) is 19.7 Å². The Morgan fingerprint density at radius 2 is 2.27 bits per heavy atom. The van der Waals surface area contributed by atoms with Crippen molar-refractivity contribution in [3.63, 3.8) is 0 Å². The first-order chi connectivity index (χ1) is 10.3. The average Bonchev–Trinajstić information content (AvgIpc) is 2.42. The van der Waals surface area contributed by atoms with E-state index < -0.39 is 5.60 Å². The Morgan fingerprint density at radius 3 is 2.91 bits per heavy atom. The molecule has 0 aliphatic carbocycles. The van der Waals surface area contributed by atoms with Crippen LogP contribution in [0.1, 0.15) is 38.1 Å². The molecule has 7 heteroatoms. The molecule has 0 radical (unpaired) electrons. The van der Waals surface area contributed by atoms with Crippen LogP contribution >= 0.6 is 11.6 Å². The lowest BCUT2D eigenvalue weighted by Crippen LogP contribution is -2.45. The van der Waals surface area contributed by atoms with Crippen molar-refractivity contribution >= 4 is 17.7 Å². The number of ether oxygens (including phenoxy) is 1. The molecule has 22 heavy (non-hydrogen) atoms. The van der Waals surface area contributed by atoms with Crippen LogP contribution in [-0.2, 0) is 11.3 Å². The molecule has 1 unspecified atom stereocenters. The Morgan fingerprint density at radius 1 is 1.55 bits per heavy atom. The van der Waals surface area contributed by atoms with Gasteiger partial charge in [-0.1, -0.05) is 17.7 Å². The highest BCUT2D eigenvalue weighted by atomic mass is 35.5. The summed E-state index contributed by atoms with van der Waals surface area (Å²) in [5, 5.41) is 12.6. The SMILES string of the molecule is CC(C)(C)OC(=O)N1Cc2ccc(Cl)nc2C(NCCO)C1. The van der Waals surface area contributed by atoms with Crippen molar-refractivity contribution in [2.45, 2.75) is 39.0 Å². The maximum Gasteiger partial charge on any atom is 0.410 e. The molecule has 1 aromatic rings. The van der Waals surface area contributed by atoms with Gasteiger partial charge in [0.2, 0.25) is 0 Å². The van der Waals surface area contributed by atoms with Gasteiger partial charge in [0.25, 0.3) is 0 Å². The van der Waals surface area contributed by atoms with Crippen LogP contribution < -0.4 is 5.32 Å². The highest BCUT2D eigenvalue weighted by molar-refractivity contribution is 6.29. The van der Waals surface area contributed by atoms with Crippen molar-refractivity contribution in [1.29, 1.82) is 0 Å². The van der Waals surface area contributed by atoms with Crippen LogP contribution in [0.4, 0.5) is 4.79 Å². The lowest BCUT2D eigenvalue weighted by atomic mass is 10.0. The van der Waals surface area contributed by atoms with Gasteiger partial charge in [-0.2, -0.15) is 0 Å². The topological polar surface area (TPSA) is 74.7 Å². The van der Waals surface area contributed by atoms with Gasteiger partial charge in [0.15, 0.2) is 0 Å². The van der Waals surface area contributed by atoms with E-state index in [1.54, 1.807) is 11.0 Å². The molecule has 2 N–H and O–H groups in total. The van der Waals surface area contributed by atoms with E-state index in [0.29, 0.717) is 24.8 Å². The second-order valence-electron chi connectivity index (χ2n) is 6.27. The van der Waals surface area contributed by atoms with Gasteiger partial charge in [-0.05, 0) is 32.4 Å². The largest absolute Gasteiger partial charge is 0.444 e. The number of aliphatic hydroxyl groups excluding tert-OH is 1. The number of halogens is 1. The van der Waals surface area contributed by atoms with Gasteiger partial charge in [0, 0.05) is 13.1 Å². The van der Waals surface area contributed by atoms with Crippen molar-refractivity contribution in [3.05, 3.63) is 28.5 Å². The quantitative estimate of drug-likeness (QED) is 0.832. The minimum absolute atomic E-state index is 0.0127. The molecule has 122 valence electrons. The second kappa shape index (κ2) is 6.81. The molecule has 6 nitrogen and oxygen atoms in total. The number of aliphatic hydroxyl groups is 1. The molecule has 2 rings (SSSR count). The number of fused-ring (bicyclic) bond motifs is 1. The smallest absolute Gasteiger partial charge is 0.410 e. The summed E-state index contributed by atoms with van der Waals surface area (Å²) in [6.07, 6.45) is -0.358. The Hall–Kier alpha value is -1.37. The summed E-state index contributed by atoms with van der Waals surface area (Å²) in [4.78, 5) is 18.3. The van der Waals surface area contributed by atoms with Crippen LogP contribution in [-0.4, -0.2) is 46.4 Å². The minimum atomic E-state index is -0.538. The summed E-state index contributed by atoms with van der Waals surface area (Å²) in [7, 11) is 0. The number of aromatic nitrogens is 1. The summed E-state index contributed by atoms with van der Waals surface area (Å²) in [6, 6.07) is 3.40. The predicted molar refractivity (Wildman–Crippen MR) is 83.7 cm³/mol. The van der Waals surface area contributed by atoms with E-state index in [0.717, 1.165) is 11.3 Å². The number of hydrogen-bond donors (Lipinski definition) is 2. The molecule has 0 saturated heterocycles. The second-order valence-corrected chi connectivity index (χ2v) is 6.66. The van der Waals surface area contributed by atoms with E-state index in [1.165, 1.54) is 0 Å². The van der Waals surface area contributed by atoms with Crippen LogP contribution in [0.3, 0.4) is 0 Å². The van der Waals surface area contributed by atoms with Crippen LogP contribution in [0.2, 0.25) is 5.15 Å². The van der Waals surface area contributed by atoms with Crippen LogP contribution in [0.25, 0.3) is 0 Å². The fourth-order valence-electron chi connectivity index (χ4n) is 2.36. The number of carbonyl (C=O) groups is 1. The van der Waals surface area contributed by atoms with Crippen LogP contribution in [0.15, 0.2) is 12.1 Å². The van der Waals surface area contributed by atoms with Crippen molar-refractivity contribution in [1.82, 2.24) is 15.2 Å². The van der Waals surface area contributed by atoms with Gasteiger partial charge in [-0.15, -0.1) is 0 Å². The highest BCUT2D eigenvalue weighted by Crippen LogP contribution is 2.27. The molecule has 0 bridgehead atoms. The third-order valence-electron chi connectivity index (χ3n) is 3.23. The van der Waals surface area contributed by atoms with E-state index >= 15 is 0 Å². The summed E-state index contributed by atoms with van der Waals surface area (Å²) in [5.41, 5.74) is 1.21. The summed E-state index contributed by atoms with van der Waals surface area (Å²) >= 11 is 5.97. The monoisotopic (exact) mass is 327 g/mol. The molecule has 1 aromatic heterocycles. The van der Waals surface area contributed by atoms with E-state index in [4.69, 9.17) is 21.4 Å². The van der Waals surface area contributed by atoms with E-state index in [2.05, 4.69) is 10.3 Å². The molecule has 0 fully saturated rings. The number of nitrogens with zero attached hydrogens (tertiary/aromatic N) is 2. The van der Waals surface area contributed by atoms with Gasteiger partial charge in [0.05, 0.1) is 24.9 Å². The van der Waals surface area contributed by atoms with Crippen molar-refractivity contribution < 1.29 is 14.6 Å².